The van der Waals surface area contributed by atoms with E-state index in [1.54, 1.807) is 18.2 Å². The standard InChI is InChI=1S/C11H10BrNO2/c1-15-11(14)9-2-3-10(7-13)8(6-9)4-5-12/h2-3,6H,4-5H2,1H3. The van der Waals surface area contributed by atoms with Crippen molar-refractivity contribution in [2.75, 3.05) is 12.4 Å². The summed E-state index contributed by atoms with van der Waals surface area (Å²) in [7, 11) is 1.34. The lowest BCUT2D eigenvalue weighted by atomic mass is 10.0. The van der Waals surface area contributed by atoms with Crippen LogP contribution in [-0.2, 0) is 11.2 Å². The van der Waals surface area contributed by atoms with Crippen molar-refractivity contribution in [3.63, 3.8) is 0 Å². The molecule has 0 saturated heterocycles. The number of hydrogen-bond donors (Lipinski definition) is 0. The summed E-state index contributed by atoms with van der Waals surface area (Å²) < 4.78 is 4.61. The maximum atomic E-state index is 11.3. The van der Waals surface area contributed by atoms with E-state index in [-0.39, 0.29) is 5.97 Å². The van der Waals surface area contributed by atoms with Crippen LogP contribution in [0.3, 0.4) is 0 Å². The van der Waals surface area contributed by atoms with Gasteiger partial charge in [-0.2, -0.15) is 5.26 Å². The van der Waals surface area contributed by atoms with E-state index in [9.17, 15) is 4.79 Å². The Morgan fingerprint density at radius 2 is 2.33 bits per heavy atom. The second kappa shape index (κ2) is 5.52. The molecule has 0 saturated carbocycles. The molecule has 0 N–H and O–H groups in total. The molecule has 0 atom stereocenters. The molecule has 0 aliphatic heterocycles. The molecule has 0 aliphatic rings. The number of alkyl halides is 1. The lowest BCUT2D eigenvalue weighted by molar-refractivity contribution is 0.0600. The molecule has 1 aromatic carbocycles. The van der Waals surface area contributed by atoms with Crippen molar-refractivity contribution in [1.29, 1.82) is 5.26 Å². The first kappa shape index (κ1) is 11.7. The van der Waals surface area contributed by atoms with Crippen molar-refractivity contribution >= 4 is 21.9 Å². The fourth-order valence-corrected chi connectivity index (χ4v) is 1.68. The zero-order chi connectivity index (χ0) is 11.3. The van der Waals surface area contributed by atoms with Crippen molar-refractivity contribution in [3.8, 4) is 6.07 Å². The van der Waals surface area contributed by atoms with Crippen LogP contribution in [0, 0.1) is 11.3 Å². The third-order valence-corrected chi connectivity index (χ3v) is 2.41. The summed E-state index contributed by atoms with van der Waals surface area (Å²) in [6, 6.07) is 7.03. The lowest BCUT2D eigenvalue weighted by Crippen LogP contribution is -2.03. The van der Waals surface area contributed by atoms with Crippen LogP contribution in [0.5, 0.6) is 0 Å². The Bertz CT molecular complexity index is 410. The van der Waals surface area contributed by atoms with E-state index in [1.165, 1.54) is 7.11 Å². The fourth-order valence-electron chi connectivity index (χ4n) is 1.26. The molecule has 0 aliphatic carbocycles. The van der Waals surface area contributed by atoms with Crippen LogP contribution < -0.4 is 0 Å². The van der Waals surface area contributed by atoms with Crippen LogP contribution in [0.1, 0.15) is 21.5 Å². The summed E-state index contributed by atoms with van der Waals surface area (Å²) in [5.41, 5.74) is 1.94. The molecule has 0 aromatic heterocycles. The number of hydrogen-bond acceptors (Lipinski definition) is 3. The Morgan fingerprint density at radius 1 is 1.60 bits per heavy atom. The Labute approximate surface area is 96.8 Å². The first-order chi connectivity index (χ1) is 7.22. The number of ether oxygens (including phenoxy) is 1. The van der Waals surface area contributed by atoms with Gasteiger partial charge in [-0.3, -0.25) is 0 Å². The number of methoxy groups -OCH3 is 1. The Hall–Kier alpha value is -1.34. The van der Waals surface area contributed by atoms with Crippen molar-refractivity contribution in [3.05, 3.63) is 34.9 Å². The van der Waals surface area contributed by atoms with Crippen LogP contribution in [0.15, 0.2) is 18.2 Å². The summed E-state index contributed by atoms with van der Waals surface area (Å²) >= 11 is 3.30. The maximum Gasteiger partial charge on any atom is 0.337 e. The van der Waals surface area contributed by atoms with Crippen LogP contribution >= 0.6 is 15.9 Å². The van der Waals surface area contributed by atoms with Gasteiger partial charge in [0.2, 0.25) is 0 Å². The third-order valence-electron chi connectivity index (χ3n) is 2.01. The number of aryl methyl sites for hydroxylation is 1. The van der Waals surface area contributed by atoms with Gasteiger partial charge in [-0.05, 0) is 30.2 Å². The van der Waals surface area contributed by atoms with Gasteiger partial charge in [-0.1, -0.05) is 15.9 Å². The number of halogens is 1. The largest absolute Gasteiger partial charge is 0.465 e. The Kier molecular flexibility index (Phi) is 4.32. The minimum atomic E-state index is -0.379. The monoisotopic (exact) mass is 267 g/mol. The predicted molar refractivity (Wildman–Crippen MR) is 60.0 cm³/mol. The van der Waals surface area contributed by atoms with E-state index < -0.39 is 0 Å². The summed E-state index contributed by atoms with van der Waals surface area (Å²) in [6.45, 7) is 0. The second-order valence-corrected chi connectivity index (χ2v) is 3.71. The van der Waals surface area contributed by atoms with E-state index in [0.717, 1.165) is 10.9 Å². The van der Waals surface area contributed by atoms with Crippen LogP contribution in [-0.4, -0.2) is 18.4 Å². The van der Waals surface area contributed by atoms with Crippen molar-refractivity contribution < 1.29 is 9.53 Å². The second-order valence-electron chi connectivity index (χ2n) is 2.91. The average molecular weight is 268 g/mol. The number of carbonyl (C=O) groups is 1. The molecule has 3 nitrogen and oxygen atoms in total. The zero-order valence-electron chi connectivity index (χ0n) is 8.29. The molecule has 15 heavy (non-hydrogen) atoms. The van der Waals surface area contributed by atoms with Gasteiger partial charge in [0.15, 0.2) is 0 Å². The number of benzene rings is 1. The molecule has 0 spiro atoms. The minimum absolute atomic E-state index is 0.379. The van der Waals surface area contributed by atoms with E-state index in [1.807, 2.05) is 0 Å². The summed E-state index contributed by atoms with van der Waals surface area (Å²) in [4.78, 5) is 11.3. The van der Waals surface area contributed by atoms with Gasteiger partial charge >= 0.3 is 5.97 Å². The summed E-state index contributed by atoms with van der Waals surface area (Å²) in [6.07, 6.45) is 0.716. The first-order valence-electron chi connectivity index (χ1n) is 4.40. The summed E-state index contributed by atoms with van der Waals surface area (Å²) in [5.74, 6) is -0.379. The highest BCUT2D eigenvalue weighted by Crippen LogP contribution is 2.13. The molecule has 4 heteroatoms. The maximum absolute atomic E-state index is 11.3. The number of rotatable bonds is 3. The van der Waals surface area contributed by atoms with Crippen molar-refractivity contribution in [2.45, 2.75) is 6.42 Å². The van der Waals surface area contributed by atoms with Gasteiger partial charge in [-0.25, -0.2) is 4.79 Å². The molecule has 1 rings (SSSR count). The van der Waals surface area contributed by atoms with Gasteiger partial charge in [0.05, 0.1) is 24.3 Å². The highest BCUT2D eigenvalue weighted by atomic mass is 79.9. The van der Waals surface area contributed by atoms with Crippen LogP contribution in [0.25, 0.3) is 0 Å². The molecule has 0 bridgehead atoms. The lowest BCUT2D eigenvalue weighted by Gasteiger charge is -2.04. The topological polar surface area (TPSA) is 50.1 Å². The minimum Gasteiger partial charge on any atom is -0.465 e. The Balaban J connectivity index is 3.11. The van der Waals surface area contributed by atoms with Gasteiger partial charge in [-0.15, -0.1) is 0 Å². The molecule has 0 fully saturated rings. The molecule has 0 unspecified atom stereocenters. The SMILES string of the molecule is COC(=O)c1ccc(C#N)c(CCBr)c1. The van der Waals surface area contributed by atoms with E-state index >= 15 is 0 Å². The number of nitriles is 1. The number of esters is 1. The fraction of sp³-hybridized carbons (Fsp3) is 0.273. The van der Waals surface area contributed by atoms with Gasteiger partial charge in [0.25, 0.3) is 0 Å². The van der Waals surface area contributed by atoms with Crippen LogP contribution in [0.4, 0.5) is 0 Å². The van der Waals surface area contributed by atoms with E-state index in [2.05, 4.69) is 26.7 Å². The molecular weight excluding hydrogens is 258 g/mol. The summed E-state index contributed by atoms with van der Waals surface area (Å²) in [5, 5.41) is 9.61. The van der Waals surface area contributed by atoms with Gasteiger partial charge in [0.1, 0.15) is 0 Å². The molecular formula is C11H10BrNO2. The highest BCUT2D eigenvalue weighted by Gasteiger charge is 2.08. The van der Waals surface area contributed by atoms with Crippen molar-refractivity contribution in [1.82, 2.24) is 0 Å². The third kappa shape index (κ3) is 2.80. The molecule has 0 heterocycles. The highest BCUT2D eigenvalue weighted by molar-refractivity contribution is 9.09. The number of nitrogens with zero attached hydrogens (tertiary/aromatic N) is 1. The van der Waals surface area contributed by atoms with Crippen LogP contribution in [0.2, 0.25) is 0 Å². The Morgan fingerprint density at radius 3 is 2.87 bits per heavy atom. The zero-order valence-corrected chi connectivity index (χ0v) is 9.87. The van der Waals surface area contributed by atoms with E-state index in [4.69, 9.17) is 5.26 Å². The number of carbonyl (C=O) groups excluding carboxylic acids is 1. The normalized spacial score (nSPS) is 9.40. The van der Waals surface area contributed by atoms with E-state index in [0.29, 0.717) is 17.5 Å². The molecule has 1 aromatic rings. The molecule has 0 radical (unpaired) electrons. The van der Waals surface area contributed by atoms with Crippen molar-refractivity contribution in [2.24, 2.45) is 0 Å². The van der Waals surface area contributed by atoms with Gasteiger partial charge in [0, 0.05) is 5.33 Å². The molecule has 0 amide bonds. The quantitative estimate of drug-likeness (QED) is 0.624. The average Bonchev–Trinajstić information content (AvgIpc) is 2.28. The smallest absolute Gasteiger partial charge is 0.337 e. The molecule has 78 valence electrons. The first-order valence-corrected chi connectivity index (χ1v) is 5.52. The predicted octanol–water partition coefficient (Wildman–Crippen LogP) is 2.28. The van der Waals surface area contributed by atoms with Gasteiger partial charge < -0.3 is 4.74 Å².